The van der Waals surface area contributed by atoms with Crippen LogP contribution < -0.4 is 5.32 Å². The largest absolute Gasteiger partial charge is 0.378 e. The number of halogens is 1. The van der Waals surface area contributed by atoms with Crippen LogP contribution in [0.2, 0.25) is 0 Å². The van der Waals surface area contributed by atoms with Gasteiger partial charge in [-0.15, -0.1) is 24.0 Å². The van der Waals surface area contributed by atoms with Gasteiger partial charge in [0.15, 0.2) is 5.96 Å². The van der Waals surface area contributed by atoms with Crippen molar-refractivity contribution in [2.24, 2.45) is 10.9 Å². The van der Waals surface area contributed by atoms with Crippen LogP contribution in [0.25, 0.3) is 0 Å². The van der Waals surface area contributed by atoms with E-state index in [4.69, 9.17) is 9.47 Å². The van der Waals surface area contributed by atoms with Crippen molar-refractivity contribution in [3.63, 3.8) is 0 Å². The quantitative estimate of drug-likeness (QED) is 0.180. The zero-order valence-electron chi connectivity index (χ0n) is 19.3. The van der Waals surface area contributed by atoms with Crippen molar-refractivity contribution in [1.82, 2.24) is 10.2 Å². The molecule has 1 N–H and O–H groups in total. The van der Waals surface area contributed by atoms with Crippen LogP contribution in [0.15, 0.2) is 35.3 Å². The van der Waals surface area contributed by atoms with Gasteiger partial charge in [0, 0.05) is 39.2 Å². The number of aliphatic imine (C=N–C) groups is 1. The summed E-state index contributed by atoms with van der Waals surface area (Å²) < 4.78 is 12.0. The monoisotopic (exact) mass is 543 g/mol. The number of guanidine groups is 1. The molecule has 1 aromatic carbocycles. The highest BCUT2D eigenvalue weighted by molar-refractivity contribution is 14.0. The van der Waals surface area contributed by atoms with E-state index < -0.39 is 0 Å². The zero-order chi connectivity index (χ0) is 20.9. The molecule has 1 saturated heterocycles. The maximum Gasteiger partial charge on any atom is 0.193 e. The summed E-state index contributed by atoms with van der Waals surface area (Å²) in [6.45, 7) is 5.54. The van der Waals surface area contributed by atoms with Gasteiger partial charge < -0.3 is 19.7 Å². The number of nitrogens with one attached hydrogen (secondary N) is 1. The minimum absolute atomic E-state index is 0. The van der Waals surface area contributed by atoms with Crippen LogP contribution in [0.1, 0.15) is 63.4 Å². The van der Waals surface area contributed by atoms with Crippen LogP contribution in [-0.2, 0) is 16.1 Å². The number of ether oxygens (including phenoxy) is 2. The fraction of sp³-hybridized carbons (Fsp3) is 0.720. The van der Waals surface area contributed by atoms with Crippen LogP contribution in [0.5, 0.6) is 0 Å². The lowest BCUT2D eigenvalue weighted by atomic mass is 9.98. The van der Waals surface area contributed by atoms with E-state index in [1.54, 1.807) is 0 Å². The highest BCUT2D eigenvalue weighted by atomic mass is 127. The van der Waals surface area contributed by atoms with Crippen LogP contribution in [0.3, 0.4) is 0 Å². The predicted molar refractivity (Wildman–Crippen MR) is 139 cm³/mol. The first-order valence-corrected chi connectivity index (χ1v) is 12.0. The summed E-state index contributed by atoms with van der Waals surface area (Å²) in [4.78, 5) is 6.87. The number of hydrogen-bond acceptors (Lipinski definition) is 3. The average molecular weight is 544 g/mol. The summed E-state index contributed by atoms with van der Waals surface area (Å²) >= 11 is 0. The van der Waals surface area contributed by atoms with Gasteiger partial charge in [0.2, 0.25) is 0 Å². The van der Waals surface area contributed by atoms with E-state index in [2.05, 4.69) is 39.5 Å². The van der Waals surface area contributed by atoms with E-state index in [-0.39, 0.29) is 24.0 Å². The number of nitrogens with zero attached hydrogens (tertiary/aromatic N) is 2. The number of unbranched alkanes of at least 4 members (excludes halogenated alkanes) is 2. The van der Waals surface area contributed by atoms with Gasteiger partial charge >= 0.3 is 0 Å². The Labute approximate surface area is 206 Å². The van der Waals surface area contributed by atoms with Gasteiger partial charge in [-0.3, -0.25) is 4.99 Å². The molecule has 0 amide bonds. The predicted octanol–water partition coefficient (Wildman–Crippen LogP) is 5.24. The van der Waals surface area contributed by atoms with Gasteiger partial charge in [-0.1, -0.05) is 49.6 Å². The van der Waals surface area contributed by atoms with E-state index in [1.807, 2.05) is 13.1 Å². The van der Waals surface area contributed by atoms with Gasteiger partial charge in [0.1, 0.15) is 0 Å². The fourth-order valence-electron chi connectivity index (χ4n) is 4.50. The average Bonchev–Trinajstić information content (AvgIpc) is 3.26. The van der Waals surface area contributed by atoms with Crippen molar-refractivity contribution < 1.29 is 9.47 Å². The van der Waals surface area contributed by atoms with Crippen molar-refractivity contribution in [2.45, 2.75) is 70.5 Å². The maximum atomic E-state index is 6.02. The summed E-state index contributed by atoms with van der Waals surface area (Å²) in [5.41, 5.74) is 1.24. The summed E-state index contributed by atoms with van der Waals surface area (Å²) in [6.07, 6.45) is 11.9. The first-order chi connectivity index (χ1) is 14.8. The number of likely N-dealkylation sites (tertiary alicyclic amines) is 1. The lowest BCUT2D eigenvalue weighted by molar-refractivity contribution is 0.0264. The summed E-state index contributed by atoms with van der Waals surface area (Å²) in [7, 11) is 1.89. The van der Waals surface area contributed by atoms with Crippen molar-refractivity contribution in [1.29, 1.82) is 0 Å². The first-order valence-electron chi connectivity index (χ1n) is 12.0. The van der Waals surface area contributed by atoms with Crippen molar-refractivity contribution in [3.05, 3.63) is 35.9 Å². The third-order valence-electron chi connectivity index (χ3n) is 6.27. The molecular formula is C25H42IN3O2. The second-order valence-corrected chi connectivity index (χ2v) is 8.77. The van der Waals surface area contributed by atoms with E-state index in [0.29, 0.717) is 18.6 Å². The molecule has 3 rings (SSSR count). The summed E-state index contributed by atoms with van der Waals surface area (Å²) in [6, 6.07) is 10.4. The molecule has 31 heavy (non-hydrogen) atoms. The topological polar surface area (TPSA) is 46.1 Å². The number of benzene rings is 1. The minimum Gasteiger partial charge on any atom is -0.378 e. The van der Waals surface area contributed by atoms with Crippen LogP contribution in [-0.4, -0.2) is 56.9 Å². The normalized spacial score (nSPS) is 20.0. The molecule has 2 aliphatic rings. The molecule has 1 unspecified atom stereocenters. The molecule has 0 spiro atoms. The van der Waals surface area contributed by atoms with E-state index in [0.717, 1.165) is 38.8 Å². The fourth-order valence-corrected chi connectivity index (χ4v) is 4.50. The standard InChI is InChI=1S/C25H41N3O2.HI/c1-26-25(27-16-9-4-10-18-30-24-13-7-3-8-14-24)28-17-15-23(19-28)21-29-20-22-11-5-2-6-12-22;/h2,5-6,11-12,23-24H,3-4,7-10,13-21H2,1H3,(H,26,27);1H. The van der Waals surface area contributed by atoms with Crippen LogP contribution in [0.4, 0.5) is 0 Å². The van der Waals surface area contributed by atoms with Gasteiger partial charge in [0.25, 0.3) is 0 Å². The van der Waals surface area contributed by atoms with Crippen molar-refractivity contribution in [2.75, 3.05) is 39.9 Å². The molecule has 1 saturated carbocycles. The molecule has 1 aliphatic carbocycles. The van der Waals surface area contributed by atoms with Crippen LogP contribution in [0, 0.1) is 5.92 Å². The molecule has 0 aromatic heterocycles. The Kier molecular flexibility index (Phi) is 13.5. The molecule has 2 fully saturated rings. The molecule has 0 bridgehead atoms. The van der Waals surface area contributed by atoms with Gasteiger partial charge in [-0.2, -0.15) is 0 Å². The Bertz CT molecular complexity index is 608. The smallest absolute Gasteiger partial charge is 0.193 e. The van der Waals surface area contributed by atoms with Gasteiger partial charge in [-0.25, -0.2) is 0 Å². The molecular weight excluding hydrogens is 501 g/mol. The minimum atomic E-state index is 0. The maximum absolute atomic E-state index is 6.02. The Morgan fingerprint density at radius 3 is 2.65 bits per heavy atom. The van der Waals surface area contributed by atoms with Gasteiger partial charge in [0.05, 0.1) is 19.3 Å². The molecule has 1 atom stereocenters. The van der Waals surface area contributed by atoms with Gasteiger partial charge in [-0.05, 0) is 44.1 Å². The zero-order valence-corrected chi connectivity index (χ0v) is 21.6. The third kappa shape index (κ3) is 10.1. The molecule has 176 valence electrons. The third-order valence-corrected chi connectivity index (χ3v) is 6.27. The van der Waals surface area contributed by atoms with Crippen molar-refractivity contribution in [3.8, 4) is 0 Å². The van der Waals surface area contributed by atoms with E-state index in [1.165, 1.54) is 63.4 Å². The van der Waals surface area contributed by atoms with E-state index in [9.17, 15) is 0 Å². The molecule has 1 heterocycles. The van der Waals surface area contributed by atoms with E-state index >= 15 is 0 Å². The molecule has 1 aromatic rings. The lowest BCUT2D eigenvalue weighted by Crippen LogP contribution is -2.40. The lowest BCUT2D eigenvalue weighted by Gasteiger charge is -2.22. The Hall–Kier alpha value is -0.860. The second-order valence-electron chi connectivity index (χ2n) is 8.77. The highest BCUT2D eigenvalue weighted by Crippen LogP contribution is 2.20. The molecule has 1 aliphatic heterocycles. The van der Waals surface area contributed by atoms with Crippen molar-refractivity contribution >= 4 is 29.9 Å². The Morgan fingerprint density at radius 2 is 1.87 bits per heavy atom. The molecule has 6 heteroatoms. The molecule has 0 radical (unpaired) electrons. The van der Waals surface area contributed by atoms with Crippen LogP contribution >= 0.6 is 24.0 Å². The highest BCUT2D eigenvalue weighted by Gasteiger charge is 2.24. The Balaban J connectivity index is 0.00000341. The first kappa shape index (κ1) is 26.4. The second kappa shape index (κ2) is 15.9. The summed E-state index contributed by atoms with van der Waals surface area (Å²) in [5.74, 6) is 1.63. The number of rotatable bonds is 11. The number of hydrogen-bond donors (Lipinski definition) is 1. The molecule has 5 nitrogen and oxygen atoms in total. The SMILES string of the molecule is CN=C(NCCCCCOC1CCCCC1)N1CCC(COCc2ccccc2)C1.I. The Morgan fingerprint density at radius 1 is 1.06 bits per heavy atom. The summed E-state index contributed by atoms with van der Waals surface area (Å²) in [5, 5.41) is 3.55.